The molecule has 2 aliphatic carbocycles. The summed E-state index contributed by atoms with van der Waals surface area (Å²) in [5.74, 6) is -0.439. The molecule has 3 unspecified atom stereocenters. The van der Waals surface area contributed by atoms with Gasteiger partial charge >= 0.3 is 6.36 Å². The summed E-state index contributed by atoms with van der Waals surface area (Å²) < 4.78 is 41.4. The van der Waals surface area contributed by atoms with Gasteiger partial charge in [-0.3, -0.25) is 4.79 Å². The quantitative estimate of drug-likeness (QED) is 0.815. The molecule has 0 radical (unpaired) electrons. The van der Waals surface area contributed by atoms with Gasteiger partial charge in [-0.05, 0) is 42.7 Å². The van der Waals surface area contributed by atoms with E-state index in [-0.39, 0.29) is 41.9 Å². The third kappa shape index (κ3) is 4.54. The average Bonchev–Trinajstić information content (AvgIpc) is 3.36. The Morgan fingerprint density at radius 2 is 2.00 bits per heavy atom. The van der Waals surface area contributed by atoms with Crippen LogP contribution in [0, 0.1) is 11.8 Å². The molecule has 0 saturated heterocycles. The maximum atomic E-state index is 12.5. The maximum Gasteiger partial charge on any atom is 0.573 e. The third-order valence-corrected chi connectivity index (χ3v) is 4.44. The highest BCUT2D eigenvalue weighted by Gasteiger charge is 2.47. The predicted octanol–water partition coefficient (Wildman–Crippen LogP) is 2.96. The average molecular weight is 365 g/mol. The third-order valence-electron chi connectivity index (χ3n) is 4.44. The first-order valence-electron chi connectivity index (χ1n) is 7.74. The lowest BCUT2D eigenvalue weighted by Gasteiger charge is -2.16. The first kappa shape index (κ1) is 18.9. The summed E-state index contributed by atoms with van der Waals surface area (Å²) in [4.78, 5) is 12.3. The smallest absolute Gasteiger partial charge is 0.405 e. The second-order valence-electron chi connectivity index (χ2n) is 6.22. The fourth-order valence-corrected chi connectivity index (χ4v) is 2.99. The molecule has 0 heterocycles. The minimum Gasteiger partial charge on any atom is -0.405 e. The van der Waals surface area contributed by atoms with E-state index >= 15 is 0 Å². The van der Waals surface area contributed by atoms with Crippen molar-refractivity contribution >= 4 is 18.3 Å². The van der Waals surface area contributed by atoms with Crippen LogP contribution in [-0.4, -0.2) is 24.9 Å². The number of ether oxygens (including phenoxy) is 1. The van der Waals surface area contributed by atoms with Crippen molar-refractivity contribution in [2.75, 3.05) is 6.54 Å². The van der Waals surface area contributed by atoms with E-state index in [2.05, 4.69) is 10.1 Å². The van der Waals surface area contributed by atoms with E-state index < -0.39 is 6.36 Å². The van der Waals surface area contributed by atoms with Gasteiger partial charge in [0.25, 0.3) is 0 Å². The Kier molecular flexibility index (Phi) is 5.65. The Morgan fingerprint density at radius 1 is 1.33 bits per heavy atom. The number of para-hydroxylation sites is 1. The zero-order valence-electron chi connectivity index (χ0n) is 12.9. The van der Waals surface area contributed by atoms with Crippen molar-refractivity contribution in [2.45, 2.75) is 37.6 Å². The largest absolute Gasteiger partial charge is 0.573 e. The molecule has 3 rings (SSSR count). The SMILES string of the molecule is Cl.NCC(NC(=O)C1CC1c1ccccc1OC(F)(F)F)C1CC1. The standard InChI is InChI=1S/C16H19F3N2O2.ClH/c17-16(18,19)23-14-4-2-1-3-10(14)11-7-12(11)15(22)21-13(8-20)9-5-6-9;/h1-4,9,11-13H,5-8,20H2,(H,21,22);1H. The number of nitrogens with one attached hydrogen (secondary N) is 1. The van der Waals surface area contributed by atoms with Gasteiger partial charge in [0.15, 0.2) is 0 Å². The Morgan fingerprint density at radius 3 is 2.58 bits per heavy atom. The number of carbonyl (C=O) groups is 1. The summed E-state index contributed by atoms with van der Waals surface area (Å²) >= 11 is 0. The number of hydrogen-bond donors (Lipinski definition) is 2. The first-order valence-corrected chi connectivity index (χ1v) is 7.74. The van der Waals surface area contributed by atoms with Crippen LogP contribution in [0.5, 0.6) is 5.75 Å². The van der Waals surface area contributed by atoms with Crippen molar-refractivity contribution in [3.63, 3.8) is 0 Å². The molecule has 0 spiro atoms. The maximum absolute atomic E-state index is 12.5. The molecule has 0 bridgehead atoms. The topological polar surface area (TPSA) is 64.3 Å². The summed E-state index contributed by atoms with van der Waals surface area (Å²) in [7, 11) is 0. The summed E-state index contributed by atoms with van der Waals surface area (Å²) in [5.41, 5.74) is 6.09. The van der Waals surface area contributed by atoms with Gasteiger partial charge in [-0.25, -0.2) is 0 Å². The van der Waals surface area contributed by atoms with Gasteiger partial charge in [0.1, 0.15) is 5.75 Å². The van der Waals surface area contributed by atoms with Crippen LogP contribution in [0.2, 0.25) is 0 Å². The molecule has 3 atom stereocenters. The molecule has 2 saturated carbocycles. The number of carbonyl (C=O) groups excluding carboxylic acids is 1. The van der Waals surface area contributed by atoms with Gasteiger partial charge < -0.3 is 15.8 Å². The normalized spacial score (nSPS) is 23.8. The van der Waals surface area contributed by atoms with Crippen LogP contribution < -0.4 is 15.8 Å². The highest BCUT2D eigenvalue weighted by atomic mass is 35.5. The number of benzene rings is 1. The zero-order valence-corrected chi connectivity index (χ0v) is 13.7. The van der Waals surface area contributed by atoms with E-state index in [0.717, 1.165) is 12.8 Å². The van der Waals surface area contributed by atoms with Gasteiger partial charge in [-0.15, -0.1) is 25.6 Å². The van der Waals surface area contributed by atoms with E-state index in [1.807, 2.05) is 0 Å². The van der Waals surface area contributed by atoms with Gasteiger partial charge in [-0.1, -0.05) is 18.2 Å². The van der Waals surface area contributed by atoms with Gasteiger partial charge in [0.05, 0.1) is 0 Å². The molecule has 0 aromatic heterocycles. The molecule has 2 fully saturated rings. The van der Waals surface area contributed by atoms with Gasteiger partial charge in [-0.2, -0.15) is 0 Å². The fraction of sp³-hybridized carbons (Fsp3) is 0.562. The zero-order chi connectivity index (χ0) is 16.6. The van der Waals surface area contributed by atoms with E-state index in [9.17, 15) is 18.0 Å². The molecular formula is C16H20ClF3N2O2. The van der Waals surface area contributed by atoms with E-state index in [4.69, 9.17) is 5.73 Å². The number of amides is 1. The Hall–Kier alpha value is -1.47. The summed E-state index contributed by atoms with van der Waals surface area (Å²) in [5, 5.41) is 2.93. The molecule has 2 aliphatic rings. The van der Waals surface area contributed by atoms with Crippen LogP contribution in [-0.2, 0) is 4.79 Å². The molecule has 1 amide bonds. The molecule has 1 aromatic carbocycles. The predicted molar refractivity (Wildman–Crippen MR) is 84.9 cm³/mol. The Balaban J connectivity index is 0.00000208. The van der Waals surface area contributed by atoms with Crippen LogP contribution in [0.4, 0.5) is 13.2 Å². The summed E-state index contributed by atoms with van der Waals surface area (Å²) in [6.07, 6.45) is -2.07. The molecule has 8 heteroatoms. The lowest BCUT2D eigenvalue weighted by Crippen LogP contribution is -2.42. The van der Waals surface area contributed by atoms with Crippen molar-refractivity contribution in [1.82, 2.24) is 5.32 Å². The van der Waals surface area contributed by atoms with Crippen molar-refractivity contribution < 1.29 is 22.7 Å². The van der Waals surface area contributed by atoms with E-state index in [1.165, 1.54) is 12.1 Å². The lowest BCUT2D eigenvalue weighted by molar-refractivity contribution is -0.274. The number of hydrogen-bond acceptors (Lipinski definition) is 3. The minimum atomic E-state index is -4.74. The molecule has 134 valence electrons. The molecular weight excluding hydrogens is 345 g/mol. The highest BCUT2D eigenvalue weighted by Crippen LogP contribution is 2.51. The number of nitrogens with two attached hydrogens (primary N) is 1. The summed E-state index contributed by atoms with van der Waals surface area (Å²) in [6, 6.07) is 5.98. The van der Waals surface area contributed by atoms with Crippen molar-refractivity contribution in [1.29, 1.82) is 0 Å². The monoisotopic (exact) mass is 364 g/mol. The molecule has 24 heavy (non-hydrogen) atoms. The molecule has 0 aliphatic heterocycles. The minimum absolute atomic E-state index is 0. The van der Waals surface area contributed by atoms with Crippen molar-refractivity contribution in [3.8, 4) is 5.75 Å². The van der Waals surface area contributed by atoms with Crippen LogP contribution in [0.15, 0.2) is 24.3 Å². The van der Waals surface area contributed by atoms with Gasteiger partial charge in [0, 0.05) is 18.5 Å². The van der Waals surface area contributed by atoms with Crippen LogP contribution >= 0.6 is 12.4 Å². The lowest BCUT2D eigenvalue weighted by atomic mass is 10.1. The van der Waals surface area contributed by atoms with Crippen LogP contribution in [0.1, 0.15) is 30.7 Å². The molecule has 3 N–H and O–H groups in total. The van der Waals surface area contributed by atoms with Crippen LogP contribution in [0.25, 0.3) is 0 Å². The number of rotatable bonds is 6. The number of halogens is 4. The second-order valence-corrected chi connectivity index (χ2v) is 6.22. The van der Waals surface area contributed by atoms with E-state index in [1.54, 1.807) is 12.1 Å². The molecule has 1 aromatic rings. The molecule has 4 nitrogen and oxygen atoms in total. The van der Waals surface area contributed by atoms with Crippen molar-refractivity contribution in [3.05, 3.63) is 29.8 Å². The van der Waals surface area contributed by atoms with Crippen molar-refractivity contribution in [2.24, 2.45) is 17.6 Å². The van der Waals surface area contributed by atoms with Gasteiger partial charge in [0.2, 0.25) is 5.91 Å². The Labute approximate surface area is 144 Å². The highest BCUT2D eigenvalue weighted by molar-refractivity contribution is 5.85. The Bertz CT molecular complexity index is 593. The summed E-state index contributed by atoms with van der Waals surface area (Å²) in [6.45, 7) is 0.390. The fourth-order valence-electron chi connectivity index (χ4n) is 2.99. The second kappa shape index (κ2) is 7.19. The number of alkyl halides is 3. The first-order chi connectivity index (χ1) is 10.9. The van der Waals surface area contributed by atoms with Crippen LogP contribution in [0.3, 0.4) is 0 Å². The van der Waals surface area contributed by atoms with E-state index in [0.29, 0.717) is 24.4 Å².